The van der Waals surface area contributed by atoms with Crippen molar-refractivity contribution in [2.24, 2.45) is 0 Å². The number of aromatic nitrogens is 3. The molecule has 4 heteroatoms. The second-order valence-corrected chi connectivity index (χ2v) is 7.72. The van der Waals surface area contributed by atoms with E-state index in [2.05, 4.69) is 29.4 Å². The summed E-state index contributed by atoms with van der Waals surface area (Å²) in [5.41, 5.74) is 1.58. The van der Waals surface area contributed by atoms with E-state index in [1.54, 1.807) is 0 Å². The molecule has 0 unspecified atom stereocenters. The summed E-state index contributed by atoms with van der Waals surface area (Å²) in [6.07, 6.45) is 21.7. The van der Waals surface area contributed by atoms with Gasteiger partial charge in [0.25, 0.3) is 0 Å². The van der Waals surface area contributed by atoms with Gasteiger partial charge in [-0.05, 0) is 44.2 Å². The quantitative estimate of drug-likeness (QED) is 0.243. The minimum atomic E-state index is 0.0475. The zero-order chi connectivity index (χ0) is 19.9. The number of fused-ring (bicyclic) bond motifs is 1. The number of hydrogen-bond acceptors (Lipinski definition) is 3. The van der Waals surface area contributed by atoms with Gasteiger partial charge in [0.05, 0.1) is 5.52 Å². The molecule has 0 aliphatic carbocycles. The molecule has 0 aliphatic rings. The fraction of sp³-hybridized carbons (Fsp3) is 0.625. The van der Waals surface area contributed by atoms with Gasteiger partial charge in [-0.1, -0.05) is 87.8 Å². The fourth-order valence-electron chi connectivity index (χ4n) is 3.51. The molecule has 0 spiro atoms. The zero-order valence-electron chi connectivity index (χ0n) is 17.6. The van der Waals surface area contributed by atoms with Crippen LogP contribution in [-0.2, 0) is 0 Å². The number of hydrogen-bond donors (Lipinski definition) is 0. The number of carbonyl (C=O) groups excluding carboxylic acids is 1. The Morgan fingerprint density at radius 3 is 2.18 bits per heavy atom. The third kappa shape index (κ3) is 8.37. The molecule has 2 rings (SSSR count). The molecule has 0 saturated heterocycles. The molecule has 0 aliphatic heterocycles. The second-order valence-electron chi connectivity index (χ2n) is 7.72. The van der Waals surface area contributed by atoms with Crippen molar-refractivity contribution >= 4 is 16.9 Å². The highest BCUT2D eigenvalue weighted by atomic mass is 16.2. The summed E-state index contributed by atoms with van der Waals surface area (Å²) in [6, 6.07) is 7.61. The second kappa shape index (κ2) is 14.1. The van der Waals surface area contributed by atoms with E-state index in [1.807, 2.05) is 24.3 Å². The number of benzene rings is 1. The van der Waals surface area contributed by atoms with E-state index in [0.717, 1.165) is 23.9 Å². The first kappa shape index (κ1) is 22.3. The van der Waals surface area contributed by atoms with E-state index >= 15 is 0 Å². The molecular formula is C24H37N3O. The van der Waals surface area contributed by atoms with Crippen LogP contribution in [0.2, 0.25) is 0 Å². The molecule has 1 aromatic carbocycles. The Hall–Kier alpha value is -1.97. The Labute approximate surface area is 170 Å². The van der Waals surface area contributed by atoms with Crippen LogP contribution in [0.4, 0.5) is 0 Å². The first-order valence-corrected chi connectivity index (χ1v) is 11.3. The molecule has 0 fully saturated rings. The van der Waals surface area contributed by atoms with Crippen molar-refractivity contribution in [3.63, 3.8) is 0 Å². The predicted octanol–water partition coefficient (Wildman–Crippen LogP) is 7.11. The van der Waals surface area contributed by atoms with Crippen molar-refractivity contribution in [3.05, 3.63) is 36.4 Å². The topological polar surface area (TPSA) is 47.8 Å². The van der Waals surface area contributed by atoms with Crippen LogP contribution in [0.5, 0.6) is 0 Å². The predicted molar refractivity (Wildman–Crippen MR) is 118 cm³/mol. The lowest BCUT2D eigenvalue weighted by Crippen LogP contribution is -2.12. The maximum absolute atomic E-state index is 12.3. The van der Waals surface area contributed by atoms with Crippen molar-refractivity contribution in [2.45, 2.75) is 96.8 Å². The molecule has 0 atom stereocenters. The van der Waals surface area contributed by atoms with Gasteiger partial charge in [0.15, 0.2) is 0 Å². The number of para-hydroxylation sites is 1. The molecule has 0 amide bonds. The Bertz CT molecular complexity index is 705. The SMILES string of the molecule is CCCCCCCC/C=C\CCCCCCCC(=O)n1nnc2ccccc21. The third-order valence-corrected chi connectivity index (χ3v) is 5.24. The number of rotatable bonds is 15. The molecule has 0 N–H and O–H groups in total. The molecule has 4 nitrogen and oxygen atoms in total. The van der Waals surface area contributed by atoms with Crippen LogP contribution in [0.25, 0.3) is 11.0 Å². The van der Waals surface area contributed by atoms with Crippen LogP contribution in [0, 0.1) is 0 Å². The maximum atomic E-state index is 12.3. The van der Waals surface area contributed by atoms with Crippen molar-refractivity contribution in [1.29, 1.82) is 0 Å². The highest BCUT2D eigenvalue weighted by Crippen LogP contribution is 2.13. The molecule has 1 heterocycles. The smallest absolute Gasteiger partial charge is 0.248 e. The number of allylic oxidation sites excluding steroid dienone is 2. The molecule has 154 valence electrons. The molecule has 2 aromatic rings. The average Bonchev–Trinajstić information content (AvgIpc) is 3.15. The minimum Gasteiger partial charge on any atom is -0.273 e. The van der Waals surface area contributed by atoms with E-state index in [0.29, 0.717) is 6.42 Å². The van der Waals surface area contributed by atoms with Gasteiger partial charge >= 0.3 is 0 Å². The summed E-state index contributed by atoms with van der Waals surface area (Å²) in [5.74, 6) is 0.0475. The molecular weight excluding hydrogens is 346 g/mol. The fourth-order valence-corrected chi connectivity index (χ4v) is 3.51. The summed E-state index contributed by atoms with van der Waals surface area (Å²) in [7, 11) is 0. The Balaban J connectivity index is 1.43. The van der Waals surface area contributed by atoms with Gasteiger partial charge in [-0.3, -0.25) is 4.79 Å². The van der Waals surface area contributed by atoms with E-state index in [4.69, 9.17) is 0 Å². The van der Waals surface area contributed by atoms with Crippen molar-refractivity contribution in [3.8, 4) is 0 Å². The first-order chi connectivity index (χ1) is 13.8. The normalized spacial score (nSPS) is 11.6. The van der Waals surface area contributed by atoms with Gasteiger partial charge in [-0.2, -0.15) is 4.68 Å². The summed E-state index contributed by atoms with van der Waals surface area (Å²) >= 11 is 0. The summed E-state index contributed by atoms with van der Waals surface area (Å²) in [4.78, 5) is 12.3. The van der Waals surface area contributed by atoms with Gasteiger partial charge in [-0.25, -0.2) is 0 Å². The average molecular weight is 384 g/mol. The maximum Gasteiger partial charge on any atom is 0.248 e. The largest absolute Gasteiger partial charge is 0.273 e. The summed E-state index contributed by atoms with van der Waals surface area (Å²) in [5, 5.41) is 8.04. The minimum absolute atomic E-state index is 0.0475. The lowest BCUT2D eigenvalue weighted by molar-refractivity contribution is 0.0886. The van der Waals surface area contributed by atoms with Gasteiger partial charge in [0.1, 0.15) is 5.52 Å². The van der Waals surface area contributed by atoms with E-state index in [-0.39, 0.29) is 5.91 Å². The van der Waals surface area contributed by atoms with E-state index < -0.39 is 0 Å². The Morgan fingerprint density at radius 1 is 0.857 bits per heavy atom. The highest BCUT2D eigenvalue weighted by Gasteiger charge is 2.10. The van der Waals surface area contributed by atoms with Crippen LogP contribution in [-0.4, -0.2) is 20.9 Å². The molecule has 28 heavy (non-hydrogen) atoms. The van der Waals surface area contributed by atoms with Crippen LogP contribution < -0.4 is 0 Å². The van der Waals surface area contributed by atoms with Crippen LogP contribution in [0.3, 0.4) is 0 Å². The highest BCUT2D eigenvalue weighted by molar-refractivity contribution is 5.88. The lowest BCUT2D eigenvalue weighted by Gasteiger charge is -2.02. The van der Waals surface area contributed by atoms with Crippen LogP contribution >= 0.6 is 0 Å². The van der Waals surface area contributed by atoms with Crippen LogP contribution in [0.15, 0.2) is 36.4 Å². The number of carbonyl (C=O) groups is 1. The van der Waals surface area contributed by atoms with E-state index in [9.17, 15) is 4.79 Å². The summed E-state index contributed by atoms with van der Waals surface area (Å²) < 4.78 is 1.45. The summed E-state index contributed by atoms with van der Waals surface area (Å²) in [6.45, 7) is 2.27. The van der Waals surface area contributed by atoms with Crippen molar-refractivity contribution in [2.75, 3.05) is 0 Å². The van der Waals surface area contributed by atoms with Crippen molar-refractivity contribution < 1.29 is 4.79 Å². The Kier molecular flexibility index (Phi) is 11.2. The standard InChI is InChI=1S/C24H37N3O/c1-2-3-4-5-6-7-8-9-10-11-12-13-14-15-16-21-24(28)27-23-20-18-17-19-22(23)25-26-27/h9-10,17-20H,2-8,11-16,21H2,1H3/b10-9-. The number of unbranched alkanes of at least 4 members (excludes halogenated alkanes) is 11. The van der Waals surface area contributed by atoms with Crippen molar-refractivity contribution in [1.82, 2.24) is 15.0 Å². The molecule has 1 aromatic heterocycles. The molecule has 0 saturated carbocycles. The van der Waals surface area contributed by atoms with Gasteiger partial charge in [0, 0.05) is 6.42 Å². The first-order valence-electron chi connectivity index (χ1n) is 11.3. The monoisotopic (exact) mass is 383 g/mol. The lowest BCUT2D eigenvalue weighted by atomic mass is 10.1. The zero-order valence-corrected chi connectivity index (χ0v) is 17.6. The van der Waals surface area contributed by atoms with Gasteiger partial charge < -0.3 is 0 Å². The third-order valence-electron chi connectivity index (χ3n) is 5.24. The Morgan fingerprint density at radius 2 is 1.46 bits per heavy atom. The molecule has 0 bridgehead atoms. The van der Waals surface area contributed by atoms with Gasteiger partial charge in [0.2, 0.25) is 5.91 Å². The van der Waals surface area contributed by atoms with E-state index in [1.165, 1.54) is 75.3 Å². The van der Waals surface area contributed by atoms with Gasteiger partial charge in [-0.15, -0.1) is 5.10 Å². The van der Waals surface area contributed by atoms with Crippen LogP contribution in [0.1, 0.15) is 102 Å². The molecule has 0 radical (unpaired) electrons. The number of nitrogens with zero attached hydrogens (tertiary/aromatic N) is 3.